The van der Waals surface area contributed by atoms with Gasteiger partial charge in [0.05, 0.1) is 19.8 Å². The molecule has 3 rings (SSSR count). The lowest BCUT2D eigenvalue weighted by Crippen LogP contribution is -2.23. The third-order valence-corrected chi connectivity index (χ3v) is 5.14. The average molecular weight is 465 g/mol. The van der Waals surface area contributed by atoms with Crippen molar-refractivity contribution in [2.24, 2.45) is 0 Å². The number of nitrogens with zero attached hydrogens (tertiary/aromatic N) is 1. The molecule has 0 atom stereocenters. The fourth-order valence-corrected chi connectivity index (χ4v) is 3.62. The third-order valence-electron chi connectivity index (χ3n) is 5.14. The van der Waals surface area contributed by atoms with Gasteiger partial charge in [0.25, 0.3) is 5.91 Å². The van der Waals surface area contributed by atoms with Crippen LogP contribution in [0.5, 0.6) is 11.5 Å². The zero-order valence-corrected chi connectivity index (χ0v) is 18.3. The Bertz CT molecular complexity index is 960. The van der Waals surface area contributed by atoms with E-state index < -0.39 is 6.36 Å². The Hall–Kier alpha value is -3.23. The molecule has 1 aliphatic heterocycles. The van der Waals surface area contributed by atoms with Crippen LogP contribution in [0.1, 0.15) is 54.9 Å². The molecule has 0 aromatic heterocycles. The zero-order chi connectivity index (χ0) is 23.8. The lowest BCUT2D eigenvalue weighted by atomic mass is 10.1. The first-order valence-corrected chi connectivity index (χ1v) is 10.9. The summed E-state index contributed by atoms with van der Waals surface area (Å²) in [4.78, 5) is 25.6. The van der Waals surface area contributed by atoms with Gasteiger partial charge in [0.1, 0.15) is 11.5 Å². The Kier molecular flexibility index (Phi) is 8.19. The van der Waals surface area contributed by atoms with Crippen molar-refractivity contribution in [3.05, 3.63) is 53.6 Å². The Labute approximate surface area is 190 Å². The molecule has 1 aliphatic rings. The summed E-state index contributed by atoms with van der Waals surface area (Å²) in [5.74, 6) is -0.141. The number of esters is 1. The summed E-state index contributed by atoms with van der Waals surface area (Å²) in [5.41, 5.74) is 1.73. The summed E-state index contributed by atoms with van der Waals surface area (Å²) in [6, 6.07) is 10.5. The maximum atomic E-state index is 12.8. The van der Waals surface area contributed by atoms with E-state index in [2.05, 4.69) is 4.74 Å². The van der Waals surface area contributed by atoms with Crippen LogP contribution in [-0.2, 0) is 16.1 Å². The summed E-state index contributed by atoms with van der Waals surface area (Å²) in [5, 5.41) is 0. The van der Waals surface area contributed by atoms with Crippen LogP contribution >= 0.6 is 0 Å². The Morgan fingerprint density at radius 3 is 2.45 bits per heavy atom. The molecule has 2 aromatic rings. The topological polar surface area (TPSA) is 65.1 Å². The molecule has 178 valence electrons. The predicted molar refractivity (Wildman–Crippen MR) is 115 cm³/mol. The number of rotatable bonds is 11. The van der Waals surface area contributed by atoms with Crippen LogP contribution in [-0.4, -0.2) is 31.5 Å². The van der Waals surface area contributed by atoms with Crippen molar-refractivity contribution < 1.29 is 37.0 Å². The largest absolute Gasteiger partial charge is 0.573 e. The maximum absolute atomic E-state index is 12.8. The number of hydrogen-bond acceptors (Lipinski definition) is 5. The van der Waals surface area contributed by atoms with E-state index in [1.54, 1.807) is 25.1 Å². The van der Waals surface area contributed by atoms with E-state index in [9.17, 15) is 22.8 Å². The number of ether oxygens (including phenoxy) is 3. The van der Waals surface area contributed by atoms with E-state index in [4.69, 9.17) is 9.47 Å². The minimum Gasteiger partial charge on any atom is -0.493 e. The first-order chi connectivity index (χ1) is 15.8. The van der Waals surface area contributed by atoms with Gasteiger partial charge in [-0.3, -0.25) is 9.59 Å². The van der Waals surface area contributed by atoms with Crippen LogP contribution in [0.3, 0.4) is 0 Å². The van der Waals surface area contributed by atoms with E-state index in [-0.39, 0.29) is 24.2 Å². The summed E-state index contributed by atoms with van der Waals surface area (Å²) in [6.45, 7) is 2.92. The maximum Gasteiger partial charge on any atom is 0.573 e. The molecule has 33 heavy (non-hydrogen) atoms. The monoisotopic (exact) mass is 465 g/mol. The molecule has 0 N–H and O–H groups in total. The highest BCUT2D eigenvalue weighted by Crippen LogP contribution is 2.35. The number of amides is 1. The normalized spacial score (nSPS) is 13.1. The lowest BCUT2D eigenvalue weighted by molar-refractivity contribution is -0.274. The average Bonchev–Trinajstić information content (AvgIpc) is 3.10. The van der Waals surface area contributed by atoms with Gasteiger partial charge in [0.2, 0.25) is 0 Å². The summed E-state index contributed by atoms with van der Waals surface area (Å²) in [7, 11) is 0. The van der Waals surface area contributed by atoms with E-state index in [0.29, 0.717) is 36.6 Å². The third kappa shape index (κ3) is 6.87. The molecule has 0 unspecified atom stereocenters. The molecule has 0 spiro atoms. The molecule has 0 fully saturated rings. The molecule has 1 heterocycles. The number of fused-ring (bicyclic) bond motifs is 1. The molecule has 0 aliphatic carbocycles. The zero-order valence-electron chi connectivity index (χ0n) is 18.3. The van der Waals surface area contributed by atoms with Gasteiger partial charge in [-0.1, -0.05) is 18.9 Å². The van der Waals surface area contributed by atoms with E-state index >= 15 is 0 Å². The van der Waals surface area contributed by atoms with Crippen molar-refractivity contribution in [1.82, 2.24) is 0 Å². The van der Waals surface area contributed by atoms with Gasteiger partial charge in [0.15, 0.2) is 0 Å². The van der Waals surface area contributed by atoms with Gasteiger partial charge in [-0.15, -0.1) is 13.2 Å². The first-order valence-electron chi connectivity index (χ1n) is 10.9. The fraction of sp³-hybridized carbons (Fsp3) is 0.417. The second-order valence-corrected chi connectivity index (χ2v) is 7.53. The highest BCUT2D eigenvalue weighted by Gasteiger charge is 2.33. The fourth-order valence-electron chi connectivity index (χ4n) is 3.62. The second-order valence-electron chi connectivity index (χ2n) is 7.53. The lowest BCUT2D eigenvalue weighted by Gasteiger charge is -2.17. The molecule has 9 heteroatoms. The van der Waals surface area contributed by atoms with Gasteiger partial charge < -0.3 is 19.1 Å². The Balaban J connectivity index is 1.52. The Morgan fingerprint density at radius 1 is 1.03 bits per heavy atom. The van der Waals surface area contributed by atoms with Crippen molar-refractivity contribution in [1.29, 1.82) is 0 Å². The molecule has 0 bridgehead atoms. The number of alkyl halides is 3. The van der Waals surface area contributed by atoms with Gasteiger partial charge in [0, 0.05) is 23.2 Å². The van der Waals surface area contributed by atoms with Crippen molar-refractivity contribution in [3.8, 4) is 11.5 Å². The minimum atomic E-state index is -4.77. The minimum absolute atomic E-state index is 0.176. The van der Waals surface area contributed by atoms with Crippen molar-refractivity contribution in [2.75, 3.05) is 18.1 Å². The van der Waals surface area contributed by atoms with Gasteiger partial charge in [-0.25, -0.2) is 0 Å². The summed E-state index contributed by atoms with van der Waals surface area (Å²) >= 11 is 0. The molecule has 1 amide bonds. The number of benzene rings is 2. The van der Waals surface area contributed by atoms with Crippen molar-refractivity contribution >= 4 is 17.6 Å². The quantitative estimate of drug-likeness (QED) is 0.318. The highest BCUT2D eigenvalue weighted by atomic mass is 19.4. The number of hydrogen-bond donors (Lipinski definition) is 0. The first kappa shape index (κ1) is 24.4. The van der Waals surface area contributed by atoms with Crippen LogP contribution in [0, 0.1) is 0 Å². The van der Waals surface area contributed by atoms with Crippen LogP contribution < -0.4 is 14.4 Å². The SMILES string of the molecule is CCOC(=O)CCCCCCOc1cccc2c1CN(c1ccc(OC(F)(F)F)cc1)C2=O. The van der Waals surface area contributed by atoms with Gasteiger partial charge in [-0.2, -0.15) is 0 Å². The molecular weight excluding hydrogens is 439 g/mol. The predicted octanol–water partition coefficient (Wildman–Crippen LogP) is 5.64. The van der Waals surface area contributed by atoms with E-state index in [1.165, 1.54) is 29.2 Å². The number of carbonyl (C=O) groups excluding carboxylic acids is 2. The van der Waals surface area contributed by atoms with E-state index in [0.717, 1.165) is 31.2 Å². The number of unbranched alkanes of at least 4 members (excludes halogenated alkanes) is 3. The number of anilines is 1. The molecular formula is C24H26F3NO5. The van der Waals surface area contributed by atoms with Gasteiger partial charge >= 0.3 is 12.3 Å². The van der Waals surface area contributed by atoms with Gasteiger partial charge in [-0.05, 0) is 56.2 Å². The number of halogens is 3. The van der Waals surface area contributed by atoms with Crippen molar-refractivity contribution in [3.63, 3.8) is 0 Å². The highest BCUT2D eigenvalue weighted by molar-refractivity contribution is 6.10. The van der Waals surface area contributed by atoms with E-state index in [1.807, 2.05) is 0 Å². The molecule has 2 aromatic carbocycles. The van der Waals surface area contributed by atoms with Crippen LogP contribution in [0.2, 0.25) is 0 Å². The van der Waals surface area contributed by atoms with Crippen molar-refractivity contribution in [2.45, 2.75) is 51.9 Å². The second kappa shape index (κ2) is 11.1. The standard InChI is InChI=1S/C24H26F3NO5/c1-2-31-22(29)10-5-3-4-6-15-32-21-9-7-8-19-20(21)16-28(23(19)30)17-11-13-18(14-12-17)33-24(25,26)27/h7-9,11-14H,2-6,10,15-16H2,1H3. The summed E-state index contributed by atoms with van der Waals surface area (Å²) < 4.78 is 51.8. The summed E-state index contributed by atoms with van der Waals surface area (Å²) in [6.07, 6.45) is -0.960. The molecule has 0 radical (unpaired) electrons. The molecule has 0 saturated carbocycles. The van der Waals surface area contributed by atoms with Crippen LogP contribution in [0.25, 0.3) is 0 Å². The molecule has 6 nitrogen and oxygen atoms in total. The smallest absolute Gasteiger partial charge is 0.493 e. The Morgan fingerprint density at radius 2 is 1.76 bits per heavy atom. The number of carbonyl (C=O) groups is 2. The molecule has 0 saturated heterocycles. The van der Waals surface area contributed by atoms with Crippen LogP contribution in [0.4, 0.5) is 18.9 Å². The van der Waals surface area contributed by atoms with Crippen LogP contribution in [0.15, 0.2) is 42.5 Å².